The molecule has 5 nitrogen and oxygen atoms in total. The molecule has 0 aliphatic heterocycles. The molecule has 0 aromatic heterocycles. The van der Waals surface area contributed by atoms with Crippen LogP contribution in [0.3, 0.4) is 0 Å². The van der Waals surface area contributed by atoms with Gasteiger partial charge in [-0.05, 0) is 87.2 Å². The number of carboxylic acid groups (broad SMARTS) is 1. The van der Waals surface area contributed by atoms with Crippen LogP contribution in [0.1, 0.15) is 21.5 Å². The summed E-state index contributed by atoms with van der Waals surface area (Å²) in [5.74, 6) is -0.943. The summed E-state index contributed by atoms with van der Waals surface area (Å²) in [5, 5.41) is 11.7. The third kappa shape index (κ3) is 4.58. The van der Waals surface area contributed by atoms with Gasteiger partial charge >= 0.3 is 5.97 Å². The van der Waals surface area contributed by atoms with Crippen molar-refractivity contribution in [2.24, 2.45) is 0 Å². The monoisotopic (exact) mass is 455 g/mol. The predicted octanol–water partition coefficient (Wildman–Crippen LogP) is 4.54. The molecule has 7 heteroatoms. The van der Waals surface area contributed by atoms with E-state index in [0.717, 1.165) is 15.6 Å². The van der Waals surface area contributed by atoms with E-state index < -0.39 is 5.97 Å². The van der Waals surface area contributed by atoms with E-state index in [9.17, 15) is 9.59 Å². The summed E-state index contributed by atoms with van der Waals surface area (Å²) in [5.41, 5.74) is 3.00. The van der Waals surface area contributed by atoms with Crippen molar-refractivity contribution in [3.63, 3.8) is 0 Å². The summed E-state index contributed by atoms with van der Waals surface area (Å²) in [6.45, 7) is 3.77. The Morgan fingerprint density at radius 2 is 1.75 bits per heavy atom. The Morgan fingerprint density at radius 1 is 1.08 bits per heavy atom. The maximum atomic E-state index is 12.1. The summed E-state index contributed by atoms with van der Waals surface area (Å²) in [6.07, 6.45) is 0. The lowest BCUT2D eigenvalue weighted by molar-refractivity contribution is -0.118. The molecule has 0 bridgehead atoms. The van der Waals surface area contributed by atoms with E-state index in [4.69, 9.17) is 9.84 Å². The average Bonchev–Trinajstić information content (AvgIpc) is 2.51. The van der Waals surface area contributed by atoms with E-state index in [1.807, 2.05) is 26.0 Å². The number of carboxylic acids is 1. The molecule has 2 aromatic carbocycles. The number of hydrogen-bond acceptors (Lipinski definition) is 3. The molecule has 1 amide bonds. The number of anilines is 1. The van der Waals surface area contributed by atoms with Gasteiger partial charge in [-0.2, -0.15) is 0 Å². The summed E-state index contributed by atoms with van der Waals surface area (Å²) >= 11 is 6.65. The predicted molar refractivity (Wildman–Crippen MR) is 98.8 cm³/mol. The molecule has 0 spiro atoms. The Balaban J connectivity index is 2.01. The second-order valence-electron chi connectivity index (χ2n) is 5.20. The fraction of sp³-hybridized carbons (Fsp3) is 0.176. The minimum atomic E-state index is -1.03. The molecule has 0 fully saturated rings. The number of carbonyl (C=O) groups is 2. The third-order valence-electron chi connectivity index (χ3n) is 3.40. The van der Waals surface area contributed by atoms with E-state index in [2.05, 4.69) is 37.2 Å². The number of aromatic carboxylic acids is 1. The molecule has 2 N–H and O–H groups in total. The summed E-state index contributed by atoms with van der Waals surface area (Å²) in [4.78, 5) is 22.9. The van der Waals surface area contributed by atoms with Gasteiger partial charge in [0, 0.05) is 4.47 Å². The normalized spacial score (nSPS) is 10.3. The van der Waals surface area contributed by atoms with Crippen molar-refractivity contribution in [1.82, 2.24) is 0 Å². The van der Waals surface area contributed by atoms with Crippen molar-refractivity contribution < 1.29 is 19.4 Å². The largest absolute Gasteiger partial charge is 0.483 e. The molecular weight excluding hydrogens is 442 g/mol. The lowest BCUT2D eigenvalue weighted by atomic mass is 10.1. The van der Waals surface area contributed by atoms with Crippen molar-refractivity contribution in [3.8, 4) is 5.75 Å². The van der Waals surface area contributed by atoms with Gasteiger partial charge in [0.15, 0.2) is 6.61 Å². The molecule has 126 valence electrons. The molecule has 0 heterocycles. The average molecular weight is 457 g/mol. The maximum Gasteiger partial charge on any atom is 0.335 e. The first-order chi connectivity index (χ1) is 11.3. The highest BCUT2D eigenvalue weighted by atomic mass is 79.9. The van der Waals surface area contributed by atoms with E-state index in [-0.39, 0.29) is 18.1 Å². The van der Waals surface area contributed by atoms with E-state index in [0.29, 0.717) is 15.9 Å². The number of hydrogen-bond donors (Lipinski definition) is 2. The van der Waals surface area contributed by atoms with Crippen LogP contribution in [0.2, 0.25) is 0 Å². The van der Waals surface area contributed by atoms with Crippen LogP contribution in [0.5, 0.6) is 5.75 Å². The molecule has 0 unspecified atom stereocenters. The number of halogens is 2. The van der Waals surface area contributed by atoms with Crippen molar-refractivity contribution >= 4 is 49.4 Å². The summed E-state index contributed by atoms with van der Waals surface area (Å²) in [6, 6.07) is 8.17. The number of ether oxygens (including phenoxy) is 1. The van der Waals surface area contributed by atoms with Crippen molar-refractivity contribution in [2.45, 2.75) is 13.8 Å². The van der Waals surface area contributed by atoms with Gasteiger partial charge in [0.05, 0.1) is 15.7 Å². The van der Waals surface area contributed by atoms with Crippen LogP contribution in [0.15, 0.2) is 39.3 Å². The Bertz CT molecular complexity index is 805. The zero-order valence-electron chi connectivity index (χ0n) is 13.0. The van der Waals surface area contributed by atoms with E-state index in [1.54, 1.807) is 0 Å². The number of nitrogens with one attached hydrogen (secondary N) is 1. The molecule has 0 aliphatic rings. The zero-order valence-corrected chi connectivity index (χ0v) is 16.2. The first-order valence-corrected chi connectivity index (χ1v) is 8.58. The molecule has 0 aliphatic carbocycles. The first kappa shape index (κ1) is 18.5. The Morgan fingerprint density at radius 3 is 2.38 bits per heavy atom. The fourth-order valence-corrected chi connectivity index (χ4v) is 3.01. The van der Waals surface area contributed by atoms with Crippen LogP contribution >= 0.6 is 31.9 Å². The van der Waals surface area contributed by atoms with E-state index in [1.165, 1.54) is 18.2 Å². The van der Waals surface area contributed by atoms with Crippen molar-refractivity contribution in [2.75, 3.05) is 11.9 Å². The number of carbonyl (C=O) groups excluding carboxylic acids is 1. The van der Waals surface area contributed by atoms with Crippen LogP contribution in [-0.2, 0) is 4.79 Å². The van der Waals surface area contributed by atoms with Gasteiger partial charge in [0.1, 0.15) is 5.75 Å². The molecule has 0 atom stereocenters. The van der Waals surface area contributed by atoms with Gasteiger partial charge in [0.2, 0.25) is 0 Å². The van der Waals surface area contributed by atoms with Gasteiger partial charge < -0.3 is 15.2 Å². The van der Waals surface area contributed by atoms with Crippen LogP contribution in [0.4, 0.5) is 5.69 Å². The van der Waals surface area contributed by atoms with Crippen LogP contribution in [0.25, 0.3) is 0 Å². The summed E-state index contributed by atoms with van der Waals surface area (Å²) < 4.78 is 6.70. The standard InChI is InChI=1S/C17H15Br2NO4/c1-9-5-12(18)14(6-10(9)2)20-16(21)8-24-15-4-3-11(17(22)23)7-13(15)19/h3-7H,8H2,1-2H3,(H,20,21)(H,22,23). The van der Waals surface area contributed by atoms with Gasteiger partial charge in [0.25, 0.3) is 5.91 Å². The highest BCUT2D eigenvalue weighted by molar-refractivity contribution is 9.11. The third-order valence-corrected chi connectivity index (χ3v) is 4.67. The molecular formula is C17H15Br2NO4. The quantitative estimate of drug-likeness (QED) is 0.692. The topological polar surface area (TPSA) is 75.6 Å². The van der Waals surface area contributed by atoms with Crippen LogP contribution in [0, 0.1) is 13.8 Å². The first-order valence-electron chi connectivity index (χ1n) is 7.00. The van der Waals surface area contributed by atoms with Gasteiger partial charge in [-0.3, -0.25) is 4.79 Å². The number of aryl methyl sites for hydroxylation is 2. The molecule has 24 heavy (non-hydrogen) atoms. The number of rotatable bonds is 5. The van der Waals surface area contributed by atoms with Crippen molar-refractivity contribution in [3.05, 3.63) is 56.0 Å². The molecule has 0 saturated carbocycles. The summed E-state index contributed by atoms with van der Waals surface area (Å²) in [7, 11) is 0. The molecule has 2 rings (SSSR count). The highest BCUT2D eigenvalue weighted by Crippen LogP contribution is 2.27. The lowest BCUT2D eigenvalue weighted by Gasteiger charge is -2.12. The number of benzene rings is 2. The lowest BCUT2D eigenvalue weighted by Crippen LogP contribution is -2.20. The van der Waals surface area contributed by atoms with Crippen molar-refractivity contribution in [1.29, 1.82) is 0 Å². The van der Waals surface area contributed by atoms with Gasteiger partial charge in [-0.15, -0.1) is 0 Å². The van der Waals surface area contributed by atoms with Crippen LogP contribution in [-0.4, -0.2) is 23.6 Å². The Kier molecular flexibility index (Phi) is 6.01. The smallest absolute Gasteiger partial charge is 0.335 e. The van der Waals surface area contributed by atoms with Gasteiger partial charge in [-0.1, -0.05) is 0 Å². The van der Waals surface area contributed by atoms with Gasteiger partial charge in [-0.25, -0.2) is 4.79 Å². The second kappa shape index (κ2) is 7.81. The Hall–Kier alpha value is -1.86. The second-order valence-corrected chi connectivity index (χ2v) is 6.91. The van der Waals surface area contributed by atoms with E-state index >= 15 is 0 Å². The fourth-order valence-electron chi connectivity index (χ4n) is 1.96. The Labute approximate surface area is 156 Å². The molecule has 0 radical (unpaired) electrons. The van der Waals surface area contributed by atoms with Crippen LogP contribution < -0.4 is 10.1 Å². The maximum absolute atomic E-state index is 12.1. The molecule has 0 saturated heterocycles. The highest BCUT2D eigenvalue weighted by Gasteiger charge is 2.11. The number of amides is 1. The SMILES string of the molecule is Cc1cc(Br)c(NC(=O)COc2ccc(C(=O)O)cc2Br)cc1C. The molecule has 2 aromatic rings. The minimum absolute atomic E-state index is 0.137. The minimum Gasteiger partial charge on any atom is -0.483 e. The zero-order chi connectivity index (χ0) is 17.9.